The molecule has 0 radical (unpaired) electrons. The zero-order valence-electron chi connectivity index (χ0n) is 18.6. The lowest BCUT2D eigenvalue weighted by atomic mass is 10.1. The van der Waals surface area contributed by atoms with Crippen LogP contribution in [0, 0.1) is 0 Å². The predicted molar refractivity (Wildman–Crippen MR) is 132 cm³/mol. The Kier molecular flexibility index (Phi) is 20.1. The number of carbonyl (C=O) groups is 2. The van der Waals surface area contributed by atoms with Crippen LogP contribution >= 0.6 is 0 Å². The van der Waals surface area contributed by atoms with Crippen LogP contribution in [0.1, 0.15) is 37.8 Å². The number of hydrogen-bond acceptors (Lipinski definition) is 3. The highest BCUT2D eigenvalue weighted by molar-refractivity contribution is 5.81. The van der Waals surface area contributed by atoms with Crippen molar-refractivity contribution in [1.82, 2.24) is 0 Å². The molecule has 0 bridgehead atoms. The molecule has 0 spiro atoms. The largest absolute Gasteiger partial charge is 0.478 e. The molecule has 4 nitrogen and oxygen atoms in total. The van der Waals surface area contributed by atoms with E-state index in [1.807, 2.05) is 68.5 Å². The van der Waals surface area contributed by atoms with Crippen molar-refractivity contribution < 1.29 is 19.4 Å². The van der Waals surface area contributed by atoms with Gasteiger partial charge in [0.1, 0.15) is 0 Å². The van der Waals surface area contributed by atoms with Crippen molar-refractivity contribution in [3.8, 4) is 0 Å². The Bertz CT molecular complexity index is 777. The van der Waals surface area contributed by atoms with E-state index in [0.717, 1.165) is 24.5 Å². The molecular formula is C27H34O4. The van der Waals surface area contributed by atoms with Crippen molar-refractivity contribution in [3.63, 3.8) is 0 Å². The smallest absolute Gasteiger partial charge is 0.330 e. The van der Waals surface area contributed by atoms with E-state index in [1.165, 1.54) is 17.2 Å². The van der Waals surface area contributed by atoms with Crippen molar-refractivity contribution in [1.29, 1.82) is 0 Å². The van der Waals surface area contributed by atoms with Gasteiger partial charge in [-0.15, -0.1) is 0 Å². The molecule has 0 aliphatic heterocycles. The Labute approximate surface area is 186 Å². The second kappa shape index (κ2) is 21.1. The predicted octanol–water partition coefficient (Wildman–Crippen LogP) is 6.82. The first-order valence-electron chi connectivity index (χ1n) is 9.85. The molecule has 2 rings (SSSR count). The van der Waals surface area contributed by atoms with Gasteiger partial charge in [-0.3, -0.25) is 0 Å². The van der Waals surface area contributed by atoms with E-state index in [9.17, 15) is 9.59 Å². The molecular weight excluding hydrogens is 388 g/mol. The molecule has 2 aromatic rings. The highest BCUT2D eigenvalue weighted by atomic mass is 16.5. The third kappa shape index (κ3) is 20.9. The molecule has 31 heavy (non-hydrogen) atoms. The Hall–Kier alpha value is -3.66. The van der Waals surface area contributed by atoms with E-state index in [-0.39, 0.29) is 5.97 Å². The first-order valence-corrected chi connectivity index (χ1v) is 9.85. The maximum absolute atomic E-state index is 10.3. The minimum atomic E-state index is -0.981. The highest BCUT2D eigenvalue weighted by Gasteiger charge is 1.91. The number of aliphatic carboxylic acids is 1. The van der Waals surface area contributed by atoms with Gasteiger partial charge in [0.15, 0.2) is 0 Å². The number of carbonyl (C=O) groups excluding carboxylic acids is 1. The third-order valence-corrected chi connectivity index (χ3v) is 3.39. The van der Waals surface area contributed by atoms with Crippen molar-refractivity contribution in [2.45, 2.75) is 26.7 Å². The fourth-order valence-electron chi connectivity index (χ4n) is 1.69. The third-order valence-electron chi connectivity index (χ3n) is 3.39. The second-order valence-corrected chi connectivity index (χ2v) is 6.03. The van der Waals surface area contributed by atoms with Crippen molar-refractivity contribution in [2.24, 2.45) is 0 Å². The van der Waals surface area contributed by atoms with Crippen LogP contribution in [0.25, 0.3) is 11.6 Å². The van der Waals surface area contributed by atoms with Crippen molar-refractivity contribution in [3.05, 3.63) is 110 Å². The summed E-state index contributed by atoms with van der Waals surface area (Å²) in [5.74, 6) is -1.31. The fourth-order valence-corrected chi connectivity index (χ4v) is 1.69. The molecule has 0 aliphatic carbocycles. The average molecular weight is 423 g/mol. The lowest BCUT2D eigenvalue weighted by Gasteiger charge is -1.97. The van der Waals surface area contributed by atoms with Gasteiger partial charge in [0, 0.05) is 12.2 Å². The van der Waals surface area contributed by atoms with Gasteiger partial charge in [-0.25, -0.2) is 9.59 Å². The quantitative estimate of drug-likeness (QED) is 0.302. The van der Waals surface area contributed by atoms with E-state index >= 15 is 0 Å². The van der Waals surface area contributed by atoms with Gasteiger partial charge in [0.25, 0.3) is 0 Å². The highest BCUT2D eigenvalue weighted by Crippen LogP contribution is 2.08. The van der Waals surface area contributed by atoms with E-state index < -0.39 is 5.97 Å². The van der Waals surface area contributed by atoms with Gasteiger partial charge >= 0.3 is 11.9 Å². The van der Waals surface area contributed by atoms with Gasteiger partial charge in [0.05, 0.1) is 6.61 Å². The molecule has 0 unspecified atom stereocenters. The van der Waals surface area contributed by atoms with E-state index in [4.69, 9.17) is 5.11 Å². The van der Waals surface area contributed by atoms with Crippen LogP contribution in [0.4, 0.5) is 0 Å². The summed E-state index contributed by atoms with van der Waals surface area (Å²) in [6.45, 7) is 18.2. The Balaban J connectivity index is 0. The van der Waals surface area contributed by atoms with E-state index in [1.54, 1.807) is 0 Å². The molecule has 0 heterocycles. The van der Waals surface area contributed by atoms with Gasteiger partial charge in [0.2, 0.25) is 0 Å². The van der Waals surface area contributed by atoms with Crippen molar-refractivity contribution in [2.75, 3.05) is 6.61 Å². The standard InChI is InChI=1S/C9H10.C8H8.C7H12O2.C3H4O2/c1-8(2)9-6-4-3-5-7-9;1-2-8-6-4-3-5-7-8;1-3-5-6-9-7(8)4-2;1-2-3(4)5/h3-7H,1H2,2H3;2-7H,1H2;4H,2-3,5-6H2,1H3;2H,1H2,(H,4,5). The minimum absolute atomic E-state index is 0.330. The lowest BCUT2D eigenvalue weighted by Crippen LogP contribution is -2.00. The summed E-state index contributed by atoms with van der Waals surface area (Å²) in [6.07, 6.45) is 5.82. The number of ether oxygens (including phenoxy) is 1. The van der Waals surface area contributed by atoms with E-state index in [0.29, 0.717) is 6.61 Å². The molecule has 1 N–H and O–H groups in total. The Morgan fingerprint density at radius 3 is 1.71 bits per heavy atom. The second-order valence-electron chi connectivity index (χ2n) is 6.03. The summed E-state index contributed by atoms with van der Waals surface area (Å²) in [4.78, 5) is 19.6. The molecule has 0 amide bonds. The normalized spacial score (nSPS) is 8.32. The first kappa shape index (κ1) is 29.5. The minimum Gasteiger partial charge on any atom is -0.478 e. The van der Waals surface area contributed by atoms with Gasteiger partial charge in [-0.2, -0.15) is 0 Å². The summed E-state index contributed by atoms with van der Waals surface area (Å²) in [6, 6.07) is 20.2. The van der Waals surface area contributed by atoms with Crippen LogP contribution in [-0.4, -0.2) is 23.7 Å². The molecule has 2 aromatic carbocycles. The zero-order valence-corrected chi connectivity index (χ0v) is 18.6. The summed E-state index contributed by atoms with van der Waals surface area (Å²) in [7, 11) is 0. The summed E-state index contributed by atoms with van der Waals surface area (Å²) < 4.78 is 4.67. The van der Waals surface area contributed by atoms with Crippen LogP contribution in [0.5, 0.6) is 0 Å². The van der Waals surface area contributed by atoms with Crippen LogP contribution in [0.3, 0.4) is 0 Å². The van der Waals surface area contributed by atoms with Gasteiger partial charge in [-0.05, 0) is 24.5 Å². The Morgan fingerprint density at radius 1 is 0.935 bits per heavy atom. The maximum atomic E-state index is 10.3. The van der Waals surface area contributed by atoms with Crippen LogP contribution in [-0.2, 0) is 14.3 Å². The molecule has 0 aromatic heterocycles. The first-order chi connectivity index (χ1) is 14.8. The van der Waals surface area contributed by atoms with E-state index in [2.05, 4.69) is 43.2 Å². The number of benzene rings is 2. The average Bonchev–Trinajstić information content (AvgIpc) is 2.81. The SMILES string of the molecule is C=C(C)c1ccccc1.C=CC(=O)O.C=CC(=O)OCCCC.C=Cc1ccccc1. The number of allylic oxidation sites excluding steroid dienone is 1. The molecule has 0 atom stereocenters. The fraction of sp³-hybridized carbons (Fsp3) is 0.185. The number of unbranched alkanes of at least 4 members (excludes halogenated alkanes) is 1. The molecule has 0 saturated heterocycles. The summed E-state index contributed by atoms with van der Waals surface area (Å²) in [5.41, 5.74) is 3.51. The number of carboxylic acids is 1. The van der Waals surface area contributed by atoms with Gasteiger partial charge in [-0.1, -0.05) is 112 Å². The number of rotatable bonds is 7. The van der Waals surface area contributed by atoms with Crippen LogP contribution in [0.2, 0.25) is 0 Å². The molecule has 166 valence electrons. The molecule has 0 fully saturated rings. The topological polar surface area (TPSA) is 63.6 Å². The number of hydrogen-bond donors (Lipinski definition) is 1. The molecule has 0 aliphatic rings. The molecule has 4 heteroatoms. The monoisotopic (exact) mass is 422 g/mol. The zero-order chi connectivity index (χ0) is 23.9. The Morgan fingerprint density at radius 2 is 1.42 bits per heavy atom. The summed E-state index contributed by atoms with van der Waals surface area (Å²) in [5, 5.41) is 7.60. The number of carboxylic acid groups (broad SMARTS) is 1. The van der Waals surface area contributed by atoms with Gasteiger partial charge < -0.3 is 9.84 Å². The van der Waals surface area contributed by atoms with Crippen LogP contribution < -0.4 is 0 Å². The summed E-state index contributed by atoms with van der Waals surface area (Å²) >= 11 is 0. The van der Waals surface area contributed by atoms with Crippen molar-refractivity contribution >= 4 is 23.6 Å². The number of esters is 1. The maximum Gasteiger partial charge on any atom is 0.330 e. The lowest BCUT2D eigenvalue weighted by molar-refractivity contribution is -0.137. The molecule has 0 saturated carbocycles. The van der Waals surface area contributed by atoms with Crippen LogP contribution in [0.15, 0.2) is 99.1 Å².